The number of Topliss-reactive ketones (excluding diaryl/α,β-unsaturated/α-hetero) is 1. The fraction of sp³-hybridized carbons (Fsp3) is 0.429. The van der Waals surface area contributed by atoms with Crippen LogP contribution in [0.4, 0.5) is 0 Å². The number of carbonyl (C=O) groups is 2. The zero-order chi connectivity index (χ0) is 13.8. The Morgan fingerprint density at radius 1 is 1.21 bits per heavy atom. The van der Waals surface area contributed by atoms with Gasteiger partial charge in [0.1, 0.15) is 0 Å². The number of rotatable bonds is 3. The Hall–Kier alpha value is -1.06. The lowest BCUT2D eigenvalue weighted by atomic mass is 10.1. The third kappa shape index (κ3) is 3.71. The summed E-state index contributed by atoms with van der Waals surface area (Å²) in [6.07, 6.45) is 3.43. The van der Waals surface area contributed by atoms with Crippen LogP contribution in [0.1, 0.15) is 36.0 Å². The molecule has 0 N–H and O–H groups in total. The summed E-state index contributed by atoms with van der Waals surface area (Å²) in [6.45, 7) is 0.746. The van der Waals surface area contributed by atoms with Crippen LogP contribution < -0.4 is 0 Å². The minimum Gasteiger partial charge on any atom is -0.335 e. The molecule has 0 aliphatic carbocycles. The molecule has 1 saturated heterocycles. The molecule has 1 aromatic rings. The van der Waals surface area contributed by atoms with E-state index in [0.29, 0.717) is 28.6 Å². The van der Waals surface area contributed by atoms with Crippen molar-refractivity contribution in [3.63, 3.8) is 0 Å². The van der Waals surface area contributed by atoms with Crippen LogP contribution in [0.2, 0.25) is 10.0 Å². The molecule has 1 aliphatic rings. The molecule has 19 heavy (non-hydrogen) atoms. The van der Waals surface area contributed by atoms with E-state index in [9.17, 15) is 9.59 Å². The number of carbonyl (C=O) groups excluding carboxylic acids is 2. The maximum Gasteiger partial charge on any atom is 0.222 e. The molecule has 0 unspecified atom stereocenters. The minimum absolute atomic E-state index is 0.0518. The van der Waals surface area contributed by atoms with Crippen LogP contribution in [0.15, 0.2) is 18.2 Å². The van der Waals surface area contributed by atoms with Crippen LogP contribution in [0.25, 0.3) is 0 Å². The van der Waals surface area contributed by atoms with Gasteiger partial charge in [-0.05, 0) is 31.0 Å². The molecule has 1 aromatic carbocycles. The van der Waals surface area contributed by atoms with Gasteiger partial charge >= 0.3 is 0 Å². The molecule has 0 bridgehead atoms. The van der Waals surface area contributed by atoms with Gasteiger partial charge in [-0.25, -0.2) is 0 Å². The predicted molar refractivity (Wildman–Crippen MR) is 75.8 cm³/mol. The van der Waals surface area contributed by atoms with Gasteiger partial charge < -0.3 is 4.90 Å². The van der Waals surface area contributed by atoms with Gasteiger partial charge in [0.2, 0.25) is 5.91 Å². The summed E-state index contributed by atoms with van der Waals surface area (Å²) < 4.78 is 0. The van der Waals surface area contributed by atoms with Crippen molar-refractivity contribution in [3.05, 3.63) is 33.8 Å². The van der Waals surface area contributed by atoms with Crippen LogP contribution in [0, 0.1) is 0 Å². The highest BCUT2D eigenvalue weighted by Crippen LogP contribution is 2.22. The molecule has 102 valence electrons. The molecule has 5 heteroatoms. The number of halogens is 2. The van der Waals surface area contributed by atoms with E-state index in [1.54, 1.807) is 23.1 Å². The molecular formula is C14H15Cl2NO2. The SMILES string of the molecule is O=C(CN1CCCCCC1=O)c1ccc(Cl)cc1Cl. The standard InChI is InChI=1S/C14H15Cl2NO2/c15-10-5-6-11(12(16)8-10)13(18)9-17-7-3-1-2-4-14(17)19/h5-6,8H,1-4,7,9H2. The monoisotopic (exact) mass is 299 g/mol. The summed E-state index contributed by atoms with van der Waals surface area (Å²) in [7, 11) is 0. The van der Waals surface area contributed by atoms with E-state index in [2.05, 4.69) is 0 Å². The lowest BCUT2D eigenvalue weighted by Gasteiger charge is -2.19. The van der Waals surface area contributed by atoms with E-state index in [4.69, 9.17) is 23.2 Å². The van der Waals surface area contributed by atoms with Gasteiger partial charge in [0, 0.05) is 23.6 Å². The van der Waals surface area contributed by atoms with E-state index in [-0.39, 0.29) is 18.2 Å². The Morgan fingerprint density at radius 2 is 2.00 bits per heavy atom. The van der Waals surface area contributed by atoms with E-state index in [1.165, 1.54) is 0 Å². The first kappa shape index (κ1) is 14.4. The number of amides is 1. The first-order valence-corrected chi connectivity index (χ1v) is 7.09. The lowest BCUT2D eigenvalue weighted by molar-refractivity contribution is -0.130. The molecule has 1 amide bonds. The second-order valence-corrected chi connectivity index (χ2v) is 5.52. The number of likely N-dealkylation sites (tertiary alicyclic amines) is 1. The summed E-state index contributed by atoms with van der Waals surface area (Å²) in [5.74, 6) is -0.0900. The average molecular weight is 300 g/mol. The van der Waals surface area contributed by atoms with E-state index in [0.717, 1.165) is 19.3 Å². The second-order valence-electron chi connectivity index (χ2n) is 4.67. The zero-order valence-electron chi connectivity index (χ0n) is 10.5. The van der Waals surface area contributed by atoms with Crippen LogP contribution in [-0.4, -0.2) is 29.7 Å². The van der Waals surface area contributed by atoms with Gasteiger partial charge in [0.15, 0.2) is 5.78 Å². The molecule has 0 saturated carbocycles. The van der Waals surface area contributed by atoms with Crippen LogP contribution >= 0.6 is 23.2 Å². The largest absolute Gasteiger partial charge is 0.335 e. The average Bonchev–Trinajstić information content (AvgIpc) is 2.55. The van der Waals surface area contributed by atoms with Crippen molar-refractivity contribution in [1.29, 1.82) is 0 Å². The van der Waals surface area contributed by atoms with Crippen molar-refractivity contribution >= 4 is 34.9 Å². The molecule has 0 atom stereocenters. The summed E-state index contributed by atoms with van der Waals surface area (Å²) in [6, 6.07) is 4.78. The molecule has 0 radical (unpaired) electrons. The van der Waals surface area contributed by atoms with Gasteiger partial charge in [-0.1, -0.05) is 29.6 Å². The smallest absolute Gasteiger partial charge is 0.222 e. The van der Waals surface area contributed by atoms with Gasteiger partial charge in [0.25, 0.3) is 0 Å². The van der Waals surface area contributed by atoms with Crippen molar-refractivity contribution in [2.45, 2.75) is 25.7 Å². The molecule has 1 heterocycles. The van der Waals surface area contributed by atoms with Gasteiger partial charge in [0.05, 0.1) is 11.6 Å². The van der Waals surface area contributed by atoms with Gasteiger partial charge in [-0.2, -0.15) is 0 Å². The first-order valence-electron chi connectivity index (χ1n) is 6.34. The molecule has 1 aliphatic heterocycles. The highest BCUT2D eigenvalue weighted by Gasteiger charge is 2.21. The highest BCUT2D eigenvalue weighted by molar-refractivity contribution is 6.36. The summed E-state index contributed by atoms with van der Waals surface area (Å²) in [5.41, 5.74) is 0.420. The normalized spacial score (nSPS) is 16.3. The Balaban J connectivity index is 2.09. The minimum atomic E-state index is -0.142. The van der Waals surface area contributed by atoms with Crippen LogP contribution in [0.3, 0.4) is 0 Å². The fourth-order valence-electron chi connectivity index (χ4n) is 2.18. The Bertz CT molecular complexity index is 502. The second kappa shape index (κ2) is 6.40. The first-order chi connectivity index (χ1) is 9.08. The fourth-order valence-corrected chi connectivity index (χ4v) is 2.69. The van der Waals surface area contributed by atoms with Crippen molar-refractivity contribution < 1.29 is 9.59 Å². The summed E-state index contributed by atoms with van der Waals surface area (Å²) in [4.78, 5) is 25.6. The zero-order valence-corrected chi connectivity index (χ0v) is 12.0. The Morgan fingerprint density at radius 3 is 2.74 bits per heavy atom. The van der Waals surface area contributed by atoms with Crippen molar-refractivity contribution in [3.8, 4) is 0 Å². The molecule has 0 spiro atoms. The van der Waals surface area contributed by atoms with Crippen LogP contribution in [0.5, 0.6) is 0 Å². The van der Waals surface area contributed by atoms with E-state index in [1.807, 2.05) is 0 Å². The molecule has 0 aromatic heterocycles. The van der Waals surface area contributed by atoms with E-state index >= 15 is 0 Å². The maximum atomic E-state index is 12.2. The lowest BCUT2D eigenvalue weighted by Crippen LogP contribution is -2.35. The summed E-state index contributed by atoms with van der Waals surface area (Å²) in [5, 5.41) is 0.826. The van der Waals surface area contributed by atoms with E-state index < -0.39 is 0 Å². The Labute approximate surface area is 122 Å². The van der Waals surface area contributed by atoms with Crippen molar-refractivity contribution in [2.24, 2.45) is 0 Å². The number of ketones is 1. The third-order valence-electron chi connectivity index (χ3n) is 3.24. The van der Waals surface area contributed by atoms with Gasteiger partial charge in [-0.15, -0.1) is 0 Å². The predicted octanol–water partition coefficient (Wildman–Crippen LogP) is 3.58. The number of hydrogen-bond acceptors (Lipinski definition) is 2. The quantitative estimate of drug-likeness (QED) is 0.800. The number of benzene rings is 1. The molecule has 1 fully saturated rings. The highest BCUT2D eigenvalue weighted by atomic mass is 35.5. The molecule has 2 rings (SSSR count). The third-order valence-corrected chi connectivity index (χ3v) is 3.79. The molecule has 3 nitrogen and oxygen atoms in total. The number of nitrogens with zero attached hydrogens (tertiary/aromatic N) is 1. The number of hydrogen-bond donors (Lipinski definition) is 0. The summed E-state index contributed by atoms with van der Waals surface area (Å²) >= 11 is 11.8. The van der Waals surface area contributed by atoms with Crippen molar-refractivity contribution in [2.75, 3.05) is 13.1 Å². The van der Waals surface area contributed by atoms with Crippen LogP contribution in [-0.2, 0) is 4.79 Å². The molecular weight excluding hydrogens is 285 g/mol. The Kier molecular flexibility index (Phi) is 4.83. The maximum absolute atomic E-state index is 12.2. The van der Waals surface area contributed by atoms with Gasteiger partial charge in [-0.3, -0.25) is 9.59 Å². The van der Waals surface area contributed by atoms with Crippen molar-refractivity contribution in [1.82, 2.24) is 4.90 Å². The topological polar surface area (TPSA) is 37.4 Å².